The van der Waals surface area contributed by atoms with Gasteiger partial charge in [0.15, 0.2) is 9.84 Å². The molecule has 0 aliphatic heterocycles. The topological polar surface area (TPSA) is 49.9 Å². The molecule has 3 nitrogen and oxygen atoms in total. The van der Waals surface area contributed by atoms with E-state index in [0.717, 1.165) is 33.2 Å². The van der Waals surface area contributed by atoms with Crippen molar-refractivity contribution in [2.24, 2.45) is 0 Å². The maximum absolute atomic E-state index is 13.7. The van der Waals surface area contributed by atoms with Gasteiger partial charge in [0.1, 0.15) is 5.25 Å². The van der Waals surface area contributed by atoms with Gasteiger partial charge in [0.05, 0.1) is 4.90 Å². The first-order chi connectivity index (χ1) is 13.0. The van der Waals surface area contributed by atoms with Gasteiger partial charge in [-0.25, -0.2) is 8.42 Å². The van der Waals surface area contributed by atoms with Crippen molar-refractivity contribution in [3.63, 3.8) is 0 Å². The van der Waals surface area contributed by atoms with Crippen LogP contribution in [0.4, 0.5) is 0 Å². The van der Waals surface area contributed by atoms with Gasteiger partial charge in [-0.15, -0.1) is 0 Å². The van der Waals surface area contributed by atoms with Crippen molar-refractivity contribution in [1.29, 1.82) is 0 Å². The summed E-state index contributed by atoms with van der Waals surface area (Å²) < 4.78 is 27.3. The number of aryl methyl sites for hydroxylation is 2. The first-order valence-electron chi connectivity index (χ1n) is 8.90. The van der Waals surface area contributed by atoms with E-state index in [1.54, 1.807) is 12.1 Å². The van der Waals surface area contributed by atoms with Crippen LogP contribution in [0.2, 0.25) is 0 Å². The van der Waals surface area contributed by atoms with Crippen LogP contribution in [-0.2, 0) is 9.84 Å². The molecule has 1 N–H and O–H groups in total. The van der Waals surface area contributed by atoms with Gasteiger partial charge in [0.25, 0.3) is 0 Å². The number of aromatic nitrogens is 1. The Balaban J connectivity index is 1.96. The highest BCUT2D eigenvalue weighted by Crippen LogP contribution is 2.38. The quantitative estimate of drug-likeness (QED) is 0.523. The van der Waals surface area contributed by atoms with Crippen molar-refractivity contribution >= 4 is 20.7 Å². The van der Waals surface area contributed by atoms with Crippen molar-refractivity contribution in [2.75, 3.05) is 0 Å². The summed E-state index contributed by atoms with van der Waals surface area (Å²) in [5.74, 6) is 0. The lowest BCUT2D eigenvalue weighted by molar-refractivity contribution is 0.589. The molecule has 4 rings (SSSR count). The summed E-state index contributed by atoms with van der Waals surface area (Å²) in [6, 6.07) is 22.6. The normalized spacial score (nSPS) is 13.0. The molecule has 1 atom stereocenters. The summed E-state index contributed by atoms with van der Waals surface area (Å²) in [5, 5.41) is 0.163. The van der Waals surface area contributed by atoms with Crippen molar-refractivity contribution in [3.8, 4) is 0 Å². The smallest absolute Gasteiger partial charge is 0.189 e. The van der Waals surface area contributed by atoms with Crippen LogP contribution in [0.15, 0.2) is 83.9 Å². The van der Waals surface area contributed by atoms with Crippen LogP contribution >= 0.6 is 0 Å². The number of hydrogen-bond donors (Lipinski definition) is 1. The second-order valence-corrected chi connectivity index (χ2v) is 8.97. The molecular formula is C23H21NO2S. The fourth-order valence-corrected chi connectivity index (χ4v) is 5.27. The average Bonchev–Trinajstić information content (AvgIpc) is 3.08. The molecule has 0 amide bonds. The zero-order chi connectivity index (χ0) is 19.0. The van der Waals surface area contributed by atoms with Crippen molar-refractivity contribution in [3.05, 3.63) is 101 Å². The Hall–Kier alpha value is -2.85. The van der Waals surface area contributed by atoms with E-state index in [1.807, 2.05) is 80.7 Å². The number of benzene rings is 3. The summed E-state index contributed by atoms with van der Waals surface area (Å²) in [7, 11) is -3.62. The molecule has 4 aromatic rings. The van der Waals surface area contributed by atoms with Gasteiger partial charge in [-0.1, -0.05) is 65.7 Å². The van der Waals surface area contributed by atoms with Crippen LogP contribution in [0, 0.1) is 13.8 Å². The molecule has 0 spiro atoms. The first kappa shape index (κ1) is 17.6. The average molecular weight is 375 g/mol. The number of aromatic amines is 1. The summed E-state index contributed by atoms with van der Waals surface area (Å²) in [4.78, 5) is 3.56. The Morgan fingerprint density at radius 1 is 0.778 bits per heavy atom. The Kier molecular flexibility index (Phi) is 4.36. The highest BCUT2D eigenvalue weighted by atomic mass is 32.2. The molecule has 0 saturated carbocycles. The van der Waals surface area contributed by atoms with E-state index >= 15 is 0 Å². The van der Waals surface area contributed by atoms with E-state index in [9.17, 15) is 8.42 Å². The Labute approximate surface area is 159 Å². The number of fused-ring (bicyclic) bond motifs is 1. The maximum atomic E-state index is 13.7. The molecule has 1 heterocycles. The minimum atomic E-state index is -3.62. The molecular weight excluding hydrogens is 354 g/mol. The molecule has 3 aromatic carbocycles. The van der Waals surface area contributed by atoms with E-state index in [2.05, 4.69) is 4.98 Å². The maximum Gasteiger partial charge on any atom is 0.189 e. The molecule has 0 aliphatic carbocycles. The monoisotopic (exact) mass is 375 g/mol. The first-order valence-corrected chi connectivity index (χ1v) is 10.4. The molecule has 0 bridgehead atoms. The molecule has 1 aromatic heterocycles. The SMILES string of the molecule is Cc1ccc(C(c2c[nH]c3ccccc23)S(=O)(=O)c2ccc(C)cc2)cc1. The zero-order valence-corrected chi connectivity index (χ0v) is 16.1. The largest absolute Gasteiger partial charge is 0.361 e. The molecule has 1 unspecified atom stereocenters. The van der Waals surface area contributed by atoms with Crippen LogP contribution in [0.1, 0.15) is 27.5 Å². The van der Waals surface area contributed by atoms with Gasteiger partial charge >= 0.3 is 0 Å². The van der Waals surface area contributed by atoms with Gasteiger partial charge in [-0.3, -0.25) is 0 Å². The van der Waals surface area contributed by atoms with Gasteiger partial charge in [0.2, 0.25) is 0 Å². The van der Waals surface area contributed by atoms with Crippen LogP contribution in [0.5, 0.6) is 0 Å². The lowest BCUT2D eigenvalue weighted by Gasteiger charge is -2.19. The molecule has 0 saturated heterocycles. The number of para-hydroxylation sites is 1. The molecule has 27 heavy (non-hydrogen) atoms. The molecule has 0 aliphatic rings. The second kappa shape index (κ2) is 6.71. The van der Waals surface area contributed by atoms with Gasteiger partial charge < -0.3 is 4.98 Å². The molecule has 4 heteroatoms. The van der Waals surface area contributed by atoms with Gasteiger partial charge in [-0.05, 0) is 37.6 Å². The van der Waals surface area contributed by atoms with Crippen LogP contribution in [-0.4, -0.2) is 13.4 Å². The van der Waals surface area contributed by atoms with E-state index in [1.165, 1.54) is 0 Å². The van der Waals surface area contributed by atoms with Crippen molar-refractivity contribution in [2.45, 2.75) is 24.0 Å². The van der Waals surface area contributed by atoms with Crippen LogP contribution in [0.3, 0.4) is 0 Å². The highest BCUT2D eigenvalue weighted by Gasteiger charge is 2.32. The highest BCUT2D eigenvalue weighted by molar-refractivity contribution is 7.92. The Morgan fingerprint density at radius 3 is 2.04 bits per heavy atom. The lowest BCUT2D eigenvalue weighted by atomic mass is 10.0. The fourth-order valence-electron chi connectivity index (χ4n) is 3.44. The predicted molar refractivity (Wildman–Crippen MR) is 110 cm³/mol. The van der Waals surface area contributed by atoms with Gasteiger partial charge in [0, 0.05) is 22.7 Å². The number of H-pyrrole nitrogens is 1. The third-order valence-electron chi connectivity index (χ3n) is 4.94. The van der Waals surface area contributed by atoms with Crippen LogP contribution in [0.25, 0.3) is 10.9 Å². The zero-order valence-electron chi connectivity index (χ0n) is 15.3. The minimum Gasteiger partial charge on any atom is -0.361 e. The standard InChI is InChI=1S/C23H21NO2S/c1-16-7-11-18(12-8-16)23(21-15-24-22-6-4-3-5-20(21)22)27(25,26)19-13-9-17(2)10-14-19/h3-15,23-24H,1-2H3. The lowest BCUT2D eigenvalue weighted by Crippen LogP contribution is -2.15. The van der Waals surface area contributed by atoms with Gasteiger partial charge in [-0.2, -0.15) is 0 Å². The van der Waals surface area contributed by atoms with E-state index in [0.29, 0.717) is 4.90 Å². The number of nitrogens with one attached hydrogen (secondary N) is 1. The Morgan fingerprint density at radius 2 is 1.37 bits per heavy atom. The summed E-state index contributed by atoms with van der Waals surface area (Å²) >= 11 is 0. The summed E-state index contributed by atoms with van der Waals surface area (Å²) in [6.07, 6.45) is 1.82. The minimum absolute atomic E-state index is 0.337. The molecule has 136 valence electrons. The van der Waals surface area contributed by atoms with E-state index < -0.39 is 15.1 Å². The number of hydrogen-bond acceptors (Lipinski definition) is 2. The fraction of sp³-hybridized carbons (Fsp3) is 0.130. The third-order valence-corrected chi connectivity index (χ3v) is 7.02. The summed E-state index contributed by atoms with van der Waals surface area (Å²) in [6.45, 7) is 3.95. The van der Waals surface area contributed by atoms with Crippen LogP contribution < -0.4 is 0 Å². The Bertz CT molecular complexity index is 1190. The molecule has 0 fully saturated rings. The second-order valence-electron chi connectivity index (χ2n) is 6.94. The third kappa shape index (κ3) is 3.17. The predicted octanol–water partition coefficient (Wildman–Crippen LogP) is 5.35. The van der Waals surface area contributed by atoms with E-state index in [-0.39, 0.29) is 0 Å². The number of sulfone groups is 1. The summed E-state index contributed by atoms with van der Waals surface area (Å²) in [5.41, 5.74) is 4.61. The number of rotatable bonds is 4. The van der Waals surface area contributed by atoms with Crippen molar-refractivity contribution in [1.82, 2.24) is 4.98 Å². The van der Waals surface area contributed by atoms with E-state index in [4.69, 9.17) is 0 Å². The van der Waals surface area contributed by atoms with Crippen molar-refractivity contribution < 1.29 is 8.42 Å². The molecule has 0 radical (unpaired) electrons.